The van der Waals surface area contributed by atoms with Gasteiger partial charge < -0.3 is 0 Å². The van der Waals surface area contributed by atoms with E-state index in [1.54, 1.807) is 13.8 Å². The zero-order valence-electron chi connectivity index (χ0n) is 6.59. The monoisotopic (exact) mass is 192 g/mol. The van der Waals surface area contributed by atoms with Crippen LogP contribution in [0.15, 0.2) is 0 Å². The molecule has 0 unspecified atom stereocenters. The summed E-state index contributed by atoms with van der Waals surface area (Å²) in [5, 5.41) is 8.00. The maximum Gasteiger partial charge on any atom is 0.326 e. The summed E-state index contributed by atoms with van der Waals surface area (Å²) >= 11 is 6.25. The van der Waals surface area contributed by atoms with Gasteiger partial charge in [-0.25, -0.2) is 0 Å². The molecule has 0 N–H and O–H groups in total. The molecule has 1 amide bonds. The topological polar surface area (TPSA) is 44.1 Å². The lowest BCUT2D eigenvalue weighted by Crippen LogP contribution is -2.22. The molecule has 62 valence electrons. The Morgan fingerprint density at radius 2 is 2.18 bits per heavy atom. The van der Waals surface area contributed by atoms with Gasteiger partial charge in [0.1, 0.15) is 4.75 Å². The molecular formula is C6H9ClN2OS. The van der Waals surface area contributed by atoms with Crippen molar-refractivity contribution in [1.29, 1.82) is 5.26 Å². The number of carbonyl (C=O) groups is 1. The van der Waals surface area contributed by atoms with Crippen LogP contribution in [0, 0.1) is 11.3 Å². The third kappa shape index (κ3) is 4.12. The van der Waals surface area contributed by atoms with E-state index in [0.717, 1.165) is 11.9 Å². The third-order valence-corrected chi connectivity index (χ3v) is 2.22. The number of rotatable bonds is 2. The zero-order valence-corrected chi connectivity index (χ0v) is 8.16. The summed E-state index contributed by atoms with van der Waals surface area (Å²) in [5.41, 5.74) is 0. The number of nitrogens with zero attached hydrogens (tertiary/aromatic N) is 2. The molecule has 0 heterocycles. The molecule has 3 nitrogen and oxygen atoms in total. The molecule has 0 radical (unpaired) electrons. The van der Waals surface area contributed by atoms with Crippen molar-refractivity contribution in [2.24, 2.45) is 0 Å². The molecule has 0 aromatic carbocycles. The lowest BCUT2D eigenvalue weighted by atomic mass is 10.2. The number of hydrogen-bond donors (Lipinski definition) is 0. The summed E-state index contributed by atoms with van der Waals surface area (Å²) in [6.45, 7) is 3.43. The van der Waals surface area contributed by atoms with Gasteiger partial charge >= 0.3 is 5.37 Å². The van der Waals surface area contributed by atoms with E-state index in [1.165, 1.54) is 11.4 Å². The summed E-state index contributed by atoms with van der Waals surface area (Å²) in [7, 11) is 1.53. The van der Waals surface area contributed by atoms with E-state index < -0.39 is 10.1 Å². The minimum Gasteiger partial charge on any atom is -0.274 e. The first kappa shape index (κ1) is 10.6. The molecule has 0 aromatic rings. The van der Waals surface area contributed by atoms with Crippen molar-refractivity contribution in [2.75, 3.05) is 7.05 Å². The van der Waals surface area contributed by atoms with Gasteiger partial charge in [0.25, 0.3) is 0 Å². The highest BCUT2D eigenvalue weighted by atomic mass is 35.5. The van der Waals surface area contributed by atoms with Crippen molar-refractivity contribution in [3.05, 3.63) is 0 Å². The molecule has 0 bridgehead atoms. The first-order valence-corrected chi connectivity index (χ1v) is 4.08. The molecule has 0 aromatic heterocycles. The molecule has 0 rings (SSSR count). The molecule has 0 fully saturated rings. The van der Waals surface area contributed by atoms with Crippen molar-refractivity contribution in [3.8, 4) is 6.07 Å². The predicted octanol–water partition coefficient (Wildman–Crippen LogP) is 2.23. The number of amides is 1. The van der Waals surface area contributed by atoms with Crippen LogP contribution in [0.1, 0.15) is 13.8 Å². The van der Waals surface area contributed by atoms with Crippen molar-refractivity contribution < 1.29 is 4.79 Å². The smallest absolute Gasteiger partial charge is 0.274 e. The van der Waals surface area contributed by atoms with Crippen LogP contribution in [-0.2, 0) is 0 Å². The number of halogens is 1. The average molecular weight is 193 g/mol. The fourth-order valence-corrected chi connectivity index (χ4v) is 1.30. The highest BCUT2D eigenvalue weighted by molar-refractivity contribution is 7.99. The summed E-state index contributed by atoms with van der Waals surface area (Å²) in [6, 6.07) is 2.04. The Kier molecular flexibility index (Phi) is 3.70. The molecule has 5 heteroatoms. The van der Waals surface area contributed by atoms with Crippen molar-refractivity contribution in [2.45, 2.75) is 18.6 Å². The summed E-state index contributed by atoms with van der Waals surface area (Å²) in [6.07, 6.45) is 0. The van der Waals surface area contributed by atoms with Crippen LogP contribution < -0.4 is 0 Å². The van der Waals surface area contributed by atoms with Crippen LogP contribution in [-0.4, -0.2) is 21.5 Å². The highest BCUT2D eigenvalue weighted by Crippen LogP contribution is 2.26. The van der Waals surface area contributed by atoms with Gasteiger partial charge in [-0.3, -0.25) is 9.10 Å². The van der Waals surface area contributed by atoms with Crippen LogP contribution in [0.25, 0.3) is 0 Å². The number of hydrogen-bond acceptors (Lipinski definition) is 3. The molecule has 0 aliphatic heterocycles. The average Bonchev–Trinajstić information content (AvgIpc) is 1.87. The largest absolute Gasteiger partial charge is 0.326 e. The van der Waals surface area contributed by atoms with E-state index >= 15 is 0 Å². The first-order valence-electron chi connectivity index (χ1n) is 2.92. The van der Waals surface area contributed by atoms with E-state index in [2.05, 4.69) is 0 Å². The Bertz CT molecular complexity index is 199. The standard InChI is InChI=1S/C6H9ClN2OS/c1-6(2,4-8)11-9(3)5(7)10/h1-3H3. The van der Waals surface area contributed by atoms with Crippen LogP contribution in [0.2, 0.25) is 0 Å². The minimum atomic E-state index is -0.612. The van der Waals surface area contributed by atoms with Gasteiger partial charge in [-0.2, -0.15) is 5.26 Å². The summed E-state index contributed by atoms with van der Waals surface area (Å²) in [5.74, 6) is 0. The second-order valence-electron chi connectivity index (χ2n) is 2.46. The Hall–Kier alpha value is -0.400. The van der Waals surface area contributed by atoms with Gasteiger partial charge in [0.05, 0.1) is 6.07 Å². The molecular weight excluding hydrogens is 184 g/mol. The Morgan fingerprint density at radius 1 is 1.73 bits per heavy atom. The molecule has 0 saturated heterocycles. The van der Waals surface area contributed by atoms with Crippen LogP contribution >= 0.6 is 23.5 Å². The lowest BCUT2D eigenvalue weighted by molar-refractivity contribution is 0.251. The van der Waals surface area contributed by atoms with Gasteiger partial charge in [-0.15, -0.1) is 0 Å². The Balaban J connectivity index is 4.07. The van der Waals surface area contributed by atoms with Crippen LogP contribution in [0.4, 0.5) is 4.79 Å². The Labute approximate surface area is 75.4 Å². The molecule has 0 aliphatic rings. The van der Waals surface area contributed by atoms with Gasteiger partial charge in [0.15, 0.2) is 0 Å². The van der Waals surface area contributed by atoms with E-state index in [0.29, 0.717) is 0 Å². The minimum absolute atomic E-state index is 0.571. The van der Waals surface area contributed by atoms with Crippen LogP contribution in [0.5, 0.6) is 0 Å². The molecule has 0 atom stereocenters. The number of carbonyl (C=O) groups excluding carboxylic acids is 1. The van der Waals surface area contributed by atoms with Gasteiger partial charge in [0.2, 0.25) is 0 Å². The van der Waals surface area contributed by atoms with Crippen LogP contribution in [0.3, 0.4) is 0 Å². The van der Waals surface area contributed by atoms with E-state index in [9.17, 15) is 4.79 Å². The van der Waals surface area contributed by atoms with E-state index in [1.807, 2.05) is 6.07 Å². The highest BCUT2D eigenvalue weighted by Gasteiger charge is 2.22. The molecule has 0 spiro atoms. The van der Waals surface area contributed by atoms with Crippen molar-refractivity contribution in [1.82, 2.24) is 4.31 Å². The van der Waals surface area contributed by atoms with E-state index in [4.69, 9.17) is 16.9 Å². The number of nitriles is 1. The predicted molar refractivity (Wildman–Crippen MR) is 46.3 cm³/mol. The summed E-state index contributed by atoms with van der Waals surface area (Å²) < 4.78 is 0.615. The van der Waals surface area contributed by atoms with Crippen molar-refractivity contribution >= 4 is 28.9 Å². The SMILES string of the molecule is CN(SC(C)(C)C#N)C(=O)Cl. The summed E-state index contributed by atoms with van der Waals surface area (Å²) in [4.78, 5) is 10.5. The fraction of sp³-hybridized carbons (Fsp3) is 0.667. The van der Waals surface area contributed by atoms with E-state index in [-0.39, 0.29) is 0 Å². The quantitative estimate of drug-likeness (QED) is 0.383. The van der Waals surface area contributed by atoms with Gasteiger partial charge in [-0.1, -0.05) is 0 Å². The first-order chi connectivity index (χ1) is 4.89. The fourth-order valence-electron chi connectivity index (χ4n) is 0.399. The maximum atomic E-state index is 10.5. The second-order valence-corrected chi connectivity index (χ2v) is 4.54. The maximum absolute atomic E-state index is 10.5. The third-order valence-electron chi connectivity index (χ3n) is 0.882. The molecule has 0 saturated carbocycles. The Morgan fingerprint density at radius 3 is 2.45 bits per heavy atom. The second kappa shape index (κ2) is 3.84. The normalized spacial score (nSPS) is 10.5. The molecule has 11 heavy (non-hydrogen) atoms. The van der Waals surface area contributed by atoms with Gasteiger partial charge in [-0.05, 0) is 37.4 Å². The lowest BCUT2D eigenvalue weighted by Gasteiger charge is -2.20. The van der Waals surface area contributed by atoms with Gasteiger partial charge in [0, 0.05) is 7.05 Å². The molecule has 0 aliphatic carbocycles. The zero-order chi connectivity index (χ0) is 9.07. The van der Waals surface area contributed by atoms with Crippen molar-refractivity contribution in [3.63, 3.8) is 0 Å².